The number of carbonyl (C=O) groups excluding carboxylic acids is 3. The molecule has 1 aliphatic heterocycles. The van der Waals surface area contributed by atoms with E-state index >= 15 is 0 Å². The molecule has 2 fully saturated rings. The van der Waals surface area contributed by atoms with Gasteiger partial charge in [-0.15, -0.1) is 10.2 Å². The molecular formula is C20H23N5O3S. The largest absolute Gasteiger partial charge is 0.318 e. The number of benzene rings is 1. The second kappa shape index (κ2) is 7.98. The zero-order valence-electron chi connectivity index (χ0n) is 16.3. The Balaban J connectivity index is 1.50. The molecule has 0 atom stereocenters. The van der Waals surface area contributed by atoms with E-state index in [1.54, 1.807) is 0 Å². The maximum absolute atomic E-state index is 13.0. The second-order valence-corrected chi connectivity index (χ2v) is 8.41. The maximum atomic E-state index is 13.0. The Hall–Kier alpha value is -2.68. The summed E-state index contributed by atoms with van der Waals surface area (Å²) >= 11 is 1.27. The first kappa shape index (κ1) is 19.6. The van der Waals surface area contributed by atoms with Crippen LogP contribution in [0.2, 0.25) is 0 Å². The van der Waals surface area contributed by atoms with Gasteiger partial charge in [0, 0.05) is 12.6 Å². The summed E-state index contributed by atoms with van der Waals surface area (Å²) in [6.07, 6.45) is 4.00. The molecule has 152 valence electrons. The maximum Gasteiger partial charge on any atom is 0.252 e. The van der Waals surface area contributed by atoms with Gasteiger partial charge >= 0.3 is 0 Å². The Labute approximate surface area is 173 Å². The predicted molar refractivity (Wildman–Crippen MR) is 108 cm³/mol. The number of thioether (sulfide) groups is 1. The minimum Gasteiger partial charge on any atom is -0.318 e. The lowest BCUT2D eigenvalue weighted by Gasteiger charge is -2.47. The molecule has 2 heterocycles. The van der Waals surface area contributed by atoms with Crippen LogP contribution in [0.15, 0.2) is 35.5 Å². The van der Waals surface area contributed by atoms with Gasteiger partial charge in [0.15, 0.2) is 11.0 Å². The third-order valence-electron chi connectivity index (χ3n) is 5.67. The van der Waals surface area contributed by atoms with Crippen molar-refractivity contribution in [3.63, 3.8) is 0 Å². The Morgan fingerprint density at radius 3 is 2.59 bits per heavy atom. The summed E-state index contributed by atoms with van der Waals surface area (Å²) < 4.78 is 1.84. The van der Waals surface area contributed by atoms with Crippen LogP contribution in [-0.4, -0.2) is 55.2 Å². The van der Waals surface area contributed by atoms with E-state index < -0.39 is 11.4 Å². The lowest BCUT2D eigenvalue weighted by Crippen LogP contribution is -2.69. The fourth-order valence-corrected chi connectivity index (χ4v) is 4.93. The number of rotatable bonds is 4. The van der Waals surface area contributed by atoms with Gasteiger partial charge in [-0.25, -0.2) is 0 Å². The monoisotopic (exact) mass is 413 g/mol. The quantitative estimate of drug-likeness (QED) is 0.606. The molecule has 1 N–H and O–H groups in total. The van der Waals surface area contributed by atoms with Crippen LogP contribution >= 0.6 is 11.8 Å². The van der Waals surface area contributed by atoms with Crippen LogP contribution in [0.25, 0.3) is 11.4 Å². The fraction of sp³-hybridized carbons (Fsp3) is 0.450. The molecule has 1 aliphatic carbocycles. The molecule has 0 bridgehead atoms. The van der Waals surface area contributed by atoms with Crippen LogP contribution in [0.1, 0.15) is 32.1 Å². The first-order valence-electron chi connectivity index (χ1n) is 9.74. The molecule has 4 rings (SSSR count). The number of carbonyl (C=O) groups is 3. The summed E-state index contributed by atoms with van der Waals surface area (Å²) in [5, 5.41) is 11.5. The van der Waals surface area contributed by atoms with Gasteiger partial charge in [-0.05, 0) is 12.8 Å². The normalized spacial score (nSPS) is 18.7. The first-order chi connectivity index (χ1) is 14.0. The highest BCUT2D eigenvalue weighted by Crippen LogP contribution is 2.36. The van der Waals surface area contributed by atoms with Crippen LogP contribution in [0.3, 0.4) is 0 Å². The molecule has 0 unspecified atom stereocenters. The lowest BCUT2D eigenvalue weighted by molar-refractivity contribution is -0.158. The zero-order chi connectivity index (χ0) is 20.4. The van der Waals surface area contributed by atoms with Crippen molar-refractivity contribution < 1.29 is 14.4 Å². The molecule has 9 heteroatoms. The topological polar surface area (TPSA) is 97.2 Å². The number of piperazine rings is 1. The average molecular weight is 414 g/mol. The number of hydrogen-bond donors (Lipinski definition) is 1. The molecule has 8 nitrogen and oxygen atoms in total. The van der Waals surface area contributed by atoms with E-state index in [2.05, 4.69) is 15.5 Å². The first-order valence-corrected chi connectivity index (χ1v) is 10.7. The van der Waals surface area contributed by atoms with Crippen molar-refractivity contribution in [3.05, 3.63) is 30.3 Å². The summed E-state index contributed by atoms with van der Waals surface area (Å²) in [6.45, 7) is -0.0702. The number of hydrogen-bond acceptors (Lipinski definition) is 6. The van der Waals surface area contributed by atoms with E-state index in [0.717, 1.165) is 30.7 Å². The molecule has 1 saturated heterocycles. The zero-order valence-corrected chi connectivity index (χ0v) is 17.1. The minimum absolute atomic E-state index is 0.0702. The van der Waals surface area contributed by atoms with E-state index in [9.17, 15) is 14.4 Å². The average Bonchev–Trinajstić information content (AvgIpc) is 3.11. The summed E-state index contributed by atoms with van der Waals surface area (Å²) in [7, 11) is 1.86. The molecule has 1 saturated carbocycles. The number of nitrogens with one attached hydrogen (secondary N) is 1. The van der Waals surface area contributed by atoms with Gasteiger partial charge in [-0.2, -0.15) is 0 Å². The van der Waals surface area contributed by atoms with Gasteiger partial charge in [0.1, 0.15) is 12.1 Å². The lowest BCUT2D eigenvalue weighted by atomic mass is 9.78. The predicted octanol–water partition coefficient (Wildman–Crippen LogP) is 1.76. The van der Waals surface area contributed by atoms with Crippen molar-refractivity contribution >= 4 is 29.5 Å². The summed E-state index contributed by atoms with van der Waals surface area (Å²) in [4.78, 5) is 39.1. The van der Waals surface area contributed by atoms with E-state index in [1.165, 1.54) is 16.7 Å². The molecule has 2 aliphatic rings. The molecule has 1 aromatic heterocycles. The SMILES string of the molecule is Cn1c(SCC(=O)N2CC(=O)NC(=O)C23CCCCC3)nnc1-c1ccccc1. The van der Waals surface area contributed by atoms with Gasteiger partial charge in [0.2, 0.25) is 11.8 Å². The van der Waals surface area contributed by atoms with Crippen LogP contribution < -0.4 is 5.32 Å². The van der Waals surface area contributed by atoms with Crippen LogP contribution in [0.4, 0.5) is 0 Å². The third-order valence-corrected chi connectivity index (χ3v) is 6.67. The Kier molecular flexibility index (Phi) is 5.40. The molecule has 1 aromatic carbocycles. The van der Waals surface area contributed by atoms with Gasteiger partial charge < -0.3 is 9.47 Å². The smallest absolute Gasteiger partial charge is 0.252 e. The van der Waals surface area contributed by atoms with Gasteiger partial charge in [-0.1, -0.05) is 61.4 Å². The molecular weight excluding hydrogens is 390 g/mol. The molecule has 3 amide bonds. The van der Waals surface area contributed by atoms with Gasteiger partial charge in [-0.3, -0.25) is 19.7 Å². The Morgan fingerprint density at radius 2 is 1.86 bits per heavy atom. The molecule has 2 aromatic rings. The highest BCUT2D eigenvalue weighted by molar-refractivity contribution is 7.99. The van der Waals surface area contributed by atoms with E-state index in [-0.39, 0.29) is 24.1 Å². The van der Waals surface area contributed by atoms with E-state index in [4.69, 9.17) is 0 Å². The Bertz CT molecular complexity index is 937. The van der Waals surface area contributed by atoms with Crippen LogP contribution in [0.5, 0.6) is 0 Å². The minimum atomic E-state index is -0.890. The van der Waals surface area contributed by atoms with Crippen molar-refractivity contribution in [2.75, 3.05) is 12.3 Å². The summed E-state index contributed by atoms with van der Waals surface area (Å²) in [5.41, 5.74) is 0.0546. The fourth-order valence-electron chi connectivity index (χ4n) is 4.14. The number of imide groups is 1. The van der Waals surface area contributed by atoms with E-state index in [0.29, 0.717) is 18.0 Å². The molecule has 1 spiro atoms. The third kappa shape index (κ3) is 3.66. The van der Waals surface area contributed by atoms with Crippen molar-refractivity contribution in [1.29, 1.82) is 0 Å². The van der Waals surface area contributed by atoms with Gasteiger partial charge in [0.05, 0.1) is 5.75 Å². The Morgan fingerprint density at radius 1 is 1.14 bits per heavy atom. The standard InChI is InChI=1S/C20H23N5O3S/c1-24-17(14-8-4-2-5-9-14)22-23-19(24)29-13-16(27)25-12-15(26)21-18(28)20(25)10-6-3-7-11-20/h2,4-5,8-9H,3,6-7,10-13H2,1H3,(H,21,26,28). The number of amides is 3. The van der Waals surface area contributed by atoms with Crippen molar-refractivity contribution in [2.45, 2.75) is 42.8 Å². The van der Waals surface area contributed by atoms with Crippen molar-refractivity contribution in [1.82, 2.24) is 25.0 Å². The van der Waals surface area contributed by atoms with Crippen molar-refractivity contribution in [3.8, 4) is 11.4 Å². The molecule has 29 heavy (non-hydrogen) atoms. The van der Waals surface area contributed by atoms with Gasteiger partial charge in [0.25, 0.3) is 5.91 Å². The number of nitrogens with zero attached hydrogens (tertiary/aromatic N) is 4. The summed E-state index contributed by atoms with van der Waals surface area (Å²) in [5.74, 6) is -0.157. The number of aromatic nitrogens is 3. The second-order valence-electron chi connectivity index (χ2n) is 7.47. The highest BCUT2D eigenvalue weighted by Gasteiger charge is 2.50. The summed E-state index contributed by atoms with van der Waals surface area (Å²) in [6, 6.07) is 9.71. The van der Waals surface area contributed by atoms with Crippen LogP contribution in [0, 0.1) is 0 Å². The van der Waals surface area contributed by atoms with E-state index in [1.807, 2.05) is 41.9 Å². The van der Waals surface area contributed by atoms with Crippen molar-refractivity contribution in [2.24, 2.45) is 7.05 Å². The molecule has 0 radical (unpaired) electrons. The van der Waals surface area contributed by atoms with Crippen LogP contribution in [-0.2, 0) is 21.4 Å². The highest BCUT2D eigenvalue weighted by atomic mass is 32.2.